The minimum absolute atomic E-state index is 0.100. The number of aromatic nitrogens is 2. The minimum atomic E-state index is -0.376. The summed E-state index contributed by atoms with van der Waals surface area (Å²) < 4.78 is 0. The van der Waals surface area contributed by atoms with Crippen LogP contribution in [0.2, 0.25) is 0 Å². The maximum absolute atomic E-state index is 10.9. The molecular formula is C22H23N5O2. The van der Waals surface area contributed by atoms with Crippen molar-refractivity contribution in [3.63, 3.8) is 0 Å². The first-order valence-electron chi connectivity index (χ1n) is 9.74. The van der Waals surface area contributed by atoms with Crippen molar-refractivity contribution < 1.29 is 4.92 Å². The zero-order valence-electron chi connectivity index (χ0n) is 16.3. The van der Waals surface area contributed by atoms with Crippen LogP contribution in [0.15, 0.2) is 54.6 Å². The lowest BCUT2D eigenvalue weighted by Crippen LogP contribution is -2.44. The molecule has 3 aromatic rings. The molecule has 0 saturated carbocycles. The predicted molar refractivity (Wildman–Crippen MR) is 113 cm³/mol. The summed E-state index contributed by atoms with van der Waals surface area (Å²) in [6, 6.07) is 16.7. The van der Waals surface area contributed by atoms with Crippen molar-refractivity contribution in [2.45, 2.75) is 13.3 Å². The molecule has 1 aliphatic rings. The van der Waals surface area contributed by atoms with Crippen LogP contribution in [0.1, 0.15) is 16.8 Å². The molecule has 1 aromatic heterocycles. The second-order valence-electron chi connectivity index (χ2n) is 7.14. The van der Waals surface area contributed by atoms with Gasteiger partial charge in [0.2, 0.25) is 0 Å². The summed E-state index contributed by atoms with van der Waals surface area (Å²) in [7, 11) is 0. The van der Waals surface area contributed by atoms with Gasteiger partial charge in [0.1, 0.15) is 5.82 Å². The summed E-state index contributed by atoms with van der Waals surface area (Å²) in [5.74, 6) is 1.68. The van der Waals surface area contributed by atoms with Crippen molar-refractivity contribution in [2.24, 2.45) is 0 Å². The molecule has 0 amide bonds. The Bertz CT molecular complexity index is 1000. The largest absolute Gasteiger partial charge is 0.354 e. The van der Waals surface area contributed by atoms with E-state index in [0.717, 1.165) is 60.2 Å². The van der Waals surface area contributed by atoms with E-state index in [2.05, 4.69) is 10.2 Å². The van der Waals surface area contributed by atoms with Crippen LogP contribution in [0, 0.1) is 17.0 Å². The summed E-state index contributed by atoms with van der Waals surface area (Å²) in [5.41, 5.74) is 4.11. The molecule has 7 heteroatoms. The number of nitrogens with one attached hydrogen (secondary N) is 1. The quantitative estimate of drug-likeness (QED) is 0.532. The van der Waals surface area contributed by atoms with Crippen molar-refractivity contribution in [3.05, 3.63) is 81.5 Å². The van der Waals surface area contributed by atoms with Crippen molar-refractivity contribution >= 4 is 11.5 Å². The Balaban J connectivity index is 1.74. The van der Waals surface area contributed by atoms with Crippen LogP contribution < -0.4 is 10.2 Å². The van der Waals surface area contributed by atoms with Crippen LogP contribution in [0.5, 0.6) is 0 Å². The van der Waals surface area contributed by atoms with Gasteiger partial charge in [-0.2, -0.15) is 0 Å². The Morgan fingerprint density at radius 2 is 1.72 bits per heavy atom. The number of non-ortho nitro benzene ring substituents is 1. The van der Waals surface area contributed by atoms with Crippen molar-refractivity contribution in [1.82, 2.24) is 15.3 Å². The third kappa shape index (κ3) is 4.25. The van der Waals surface area contributed by atoms with Gasteiger partial charge in [-0.25, -0.2) is 9.97 Å². The number of nitrogens with zero attached hydrogens (tertiary/aromatic N) is 4. The number of aryl methyl sites for hydroxylation is 1. The van der Waals surface area contributed by atoms with E-state index in [1.54, 1.807) is 12.1 Å². The van der Waals surface area contributed by atoms with E-state index in [1.165, 1.54) is 0 Å². The summed E-state index contributed by atoms with van der Waals surface area (Å²) in [6.45, 7) is 5.62. The zero-order chi connectivity index (χ0) is 20.2. The molecular weight excluding hydrogens is 366 g/mol. The maximum Gasteiger partial charge on any atom is 0.269 e. The van der Waals surface area contributed by atoms with Gasteiger partial charge in [-0.3, -0.25) is 10.1 Å². The Morgan fingerprint density at radius 3 is 2.38 bits per heavy atom. The lowest BCUT2D eigenvalue weighted by molar-refractivity contribution is -0.384. The van der Waals surface area contributed by atoms with Gasteiger partial charge in [-0.1, -0.05) is 42.5 Å². The van der Waals surface area contributed by atoms with Crippen LogP contribution in [-0.2, 0) is 6.42 Å². The van der Waals surface area contributed by atoms with Crippen LogP contribution in [0.3, 0.4) is 0 Å². The van der Waals surface area contributed by atoms with E-state index in [9.17, 15) is 10.1 Å². The number of nitro groups is 1. The fraction of sp³-hybridized carbons (Fsp3) is 0.273. The fourth-order valence-corrected chi connectivity index (χ4v) is 3.58. The highest BCUT2D eigenvalue weighted by Crippen LogP contribution is 2.28. The second kappa shape index (κ2) is 8.36. The van der Waals surface area contributed by atoms with E-state index in [0.29, 0.717) is 6.42 Å². The van der Waals surface area contributed by atoms with Crippen LogP contribution in [0.25, 0.3) is 11.4 Å². The molecule has 0 aliphatic carbocycles. The molecule has 1 fully saturated rings. The first-order chi connectivity index (χ1) is 14.1. The molecule has 1 N–H and O–H groups in total. The van der Waals surface area contributed by atoms with E-state index in [-0.39, 0.29) is 10.6 Å². The molecule has 0 radical (unpaired) electrons. The number of rotatable bonds is 5. The topological polar surface area (TPSA) is 84.2 Å². The fourth-order valence-electron chi connectivity index (χ4n) is 3.58. The van der Waals surface area contributed by atoms with Gasteiger partial charge in [0.05, 0.1) is 4.92 Å². The molecule has 7 nitrogen and oxygen atoms in total. The van der Waals surface area contributed by atoms with Gasteiger partial charge in [0, 0.05) is 61.6 Å². The molecule has 2 aromatic carbocycles. The smallest absolute Gasteiger partial charge is 0.269 e. The lowest BCUT2D eigenvalue weighted by Gasteiger charge is -2.31. The minimum Gasteiger partial charge on any atom is -0.354 e. The van der Waals surface area contributed by atoms with Gasteiger partial charge in [-0.15, -0.1) is 0 Å². The van der Waals surface area contributed by atoms with Crippen molar-refractivity contribution in [2.75, 3.05) is 31.1 Å². The first-order valence-corrected chi connectivity index (χ1v) is 9.74. The summed E-state index contributed by atoms with van der Waals surface area (Å²) in [4.78, 5) is 22.6. The normalized spacial score (nSPS) is 14.0. The molecule has 0 atom stereocenters. The third-order valence-corrected chi connectivity index (χ3v) is 5.17. The number of hydrogen-bond acceptors (Lipinski definition) is 6. The molecule has 4 rings (SSSR count). The Morgan fingerprint density at radius 1 is 1.03 bits per heavy atom. The highest BCUT2D eigenvalue weighted by molar-refractivity contribution is 5.61. The number of anilines is 1. The van der Waals surface area contributed by atoms with E-state index in [1.807, 2.05) is 49.4 Å². The maximum atomic E-state index is 10.9. The lowest BCUT2D eigenvalue weighted by atomic mass is 10.0. The Hall–Kier alpha value is -3.32. The van der Waals surface area contributed by atoms with Crippen LogP contribution in [-0.4, -0.2) is 41.1 Å². The Labute approximate surface area is 169 Å². The van der Waals surface area contributed by atoms with E-state index >= 15 is 0 Å². The van der Waals surface area contributed by atoms with Gasteiger partial charge in [-0.05, 0) is 12.5 Å². The SMILES string of the molecule is Cc1nc(-c2ccccc2)nc(N2CCNCC2)c1Cc1ccc([N+](=O)[O-])cc1. The molecule has 148 valence electrons. The van der Waals surface area contributed by atoms with Gasteiger partial charge >= 0.3 is 0 Å². The number of piperazine rings is 1. The standard InChI is InChI=1S/C22H23N5O2/c1-16-20(15-17-7-9-19(10-8-17)27(28)29)22(26-13-11-23-12-14-26)25-21(24-16)18-5-3-2-4-6-18/h2-10,23H,11-15H2,1H3. The monoisotopic (exact) mass is 389 g/mol. The van der Waals surface area contributed by atoms with Gasteiger partial charge in [0.25, 0.3) is 5.69 Å². The highest BCUT2D eigenvalue weighted by Gasteiger charge is 2.20. The molecule has 29 heavy (non-hydrogen) atoms. The molecule has 1 aliphatic heterocycles. The zero-order valence-corrected chi connectivity index (χ0v) is 16.3. The van der Waals surface area contributed by atoms with Gasteiger partial charge in [0.15, 0.2) is 5.82 Å². The van der Waals surface area contributed by atoms with Gasteiger partial charge < -0.3 is 10.2 Å². The van der Waals surface area contributed by atoms with E-state index < -0.39 is 0 Å². The summed E-state index contributed by atoms with van der Waals surface area (Å²) in [6.07, 6.45) is 0.637. The third-order valence-electron chi connectivity index (χ3n) is 5.17. The highest BCUT2D eigenvalue weighted by atomic mass is 16.6. The van der Waals surface area contributed by atoms with Crippen molar-refractivity contribution in [3.8, 4) is 11.4 Å². The number of hydrogen-bond donors (Lipinski definition) is 1. The van der Waals surface area contributed by atoms with E-state index in [4.69, 9.17) is 9.97 Å². The average Bonchev–Trinajstić information content (AvgIpc) is 2.76. The number of benzene rings is 2. The number of nitro benzene ring substituents is 1. The molecule has 0 bridgehead atoms. The average molecular weight is 389 g/mol. The molecule has 1 saturated heterocycles. The van der Waals surface area contributed by atoms with Crippen LogP contribution in [0.4, 0.5) is 11.5 Å². The van der Waals surface area contributed by atoms with Crippen molar-refractivity contribution in [1.29, 1.82) is 0 Å². The molecule has 0 unspecified atom stereocenters. The summed E-state index contributed by atoms with van der Waals surface area (Å²) >= 11 is 0. The Kier molecular flexibility index (Phi) is 5.48. The summed E-state index contributed by atoms with van der Waals surface area (Å²) in [5, 5.41) is 14.3. The van der Waals surface area contributed by atoms with Crippen LogP contribution >= 0.6 is 0 Å². The second-order valence-corrected chi connectivity index (χ2v) is 7.14. The first kappa shape index (κ1) is 19.0. The molecule has 0 spiro atoms. The predicted octanol–water partition coefficient (Wildman–Crippen LogP) is 3.36. The molecule has 2 heterocycles.